The number of imide groups is 1. The number of rotatable bonds is 2. The summed E-state index contributed by atoms with van der Waals surface area (Å²) in [6.45, 7) is -0.476. The van der Waals surface area contributed by atoms with Crippen LogP contribution in [0.5, 0.6) is 0 Å². The van der Waals surface area contributed by atoms with Crippen molar-refractivity contribution in [1.82, 2.24) is 0 Å². The number of fused-ring (bicyclic) bond motifs is 5. The van der Waals surface area contributed by atoms with E-state index in [4.69, 9.17) is 4.74 Å². The van der Waals surface area contributed by atoms with Gasteiger partial charge in [0.2, 0.25) is 11.8 Å². The molecule has 0 aromatic heterocycles. The monoisotopic (exact) mass is 339 g/mol. The number of aliphatic hydroxyl groups is 1. The van der Waals surface area contributed by atoms with Crippen LogP contribution in [0.15, 0.2) is 36.4 Å². The molecule has 0 unspecified atom stereocenters. The molecule has 2 saturated heterocycles. The van der Waals surface area contributed by atoms with Gasteiger partial charge in [-0.15, -0.1) is 0 Å². The lowest BCUT2D eigenvalue weighted by molar-refractivity contribution is -0.138. The highest BCUT2D eigenvalue weighted by Crippen LogP contribution is 2.52. The molecular weight excluding hydrogens is 327 g/mol. The van der Waals surface area contributed by atoms with Gasteiger partial charge in [0, 0.05) is 0 Å². The molecule has 126 valence electrons. The maximum absolute atomic E-state index is 12.9. The molecule has 8 heteroatoms. The molecule has 3 heterocycles. The third-order valence-corrected chi connectivity index (χ3v) is 4.83. The highest BCUT2D eigenvalue weighted by Gasteiger charge is 2.67. The Hall–Kier alpha value is -2.19. The van der Waals surface area contributed by atoms with Crippen molar-refractivity contribution < 1.29 is 32.6 Å². The second-order valence-electron chi connectivity index (χ2n) is 6.12. The van der Waals surface area contributed by atoms with Crippen molar-refractivity contribution in [1.29, 1.82) is 0 Å². The average Bonchev–Trinajstić information content (AvgIpc) is 3.18. The summed E-state index contributed by atoms with van der Waals surface area (Å²) in [6, 6.07) is 4.09. The maximum Gasteiger partial charge on any atom is 0.416 e. The Labute approximate surface area is 134 Å². The molecule has 2 bridgehead atoms. The van der Waals surface area contributed by atoms with Crippen molar-refractivity contribution in [3.05, 3.63) is 42.0 Å². The second kappa shape index (κ2) is 4.67. The molecular formula is C16H12F3NO4. The van der Waals surface area contributed by atoms with Gasteiger partial charge >= 0.3 is 6.18 Å². The predicted molar refractivity (Wildman–Crippen MR) is 74.7 cm³/mol. The fourth-order valence-corrected chi connectivity index (χ4v) is 3.76. The van der Waals surface area contributed by atoms with Gasteiger partial charge in [-0.2, -0.15) is 13.2 Å². The van der Waals surface area contributed by atoms with Gasteiger partial charge in [-0.1, -0.05) is 18.2 Å². The fraction of sp³-hybridized carbons (Fsp3) is 0.375. The van der Waals surface area contributed by atoms with Crippen LogP contribution in [0, 0.1) is 11.8 Å². The van der Waals surface area contributed by atoms with Crippen LogP contribution in [0.4, 0.5) is 18.9 Å². The van der Waals surface area contributed by atoms with Gasteiger partial charge in [0.15, 0.2) is 0 Å². The molecule has 0 aliphatic carbocycles. The summed E-state index contributed by atoms with van der Waals surface area (Å²) in [5.74, 6) is -2.98. The first kappa shape index (κ1) is 15.3. The van der Waals surface area contributed by atoms with Crippen molar-refractivity contribution in [2.24, 2.45) is 11.8 Å². The molecule has 4 atom stereocenters. The zero-order chi connectivity index (χ0) is 17.3. The van der Waals surface area contributed by atoms with Crippen LogP contribution in [0.25, 0.3) is 0 Å². The molecule has 3 aliphatic heterocycles. The minimum absolute atomic E-state index is 0.123. The van der Waals surface area contributed by atoms with Crippen LogP contribution < -0.4 is 4.90 Å². The van der Waals surface area contributed by atoms with E-state index in [9.17, 15) is 27.9 Å². The number of nitrogens with zero attached hydrogens (tertiary/aromatic N) is 1. The summed E-state index contributed by atoms with van der Waals surface area (Å²) in [7, 11) is 0. The normalized spacial score (nSPS) is 34.3. The number of aliphatic hydroxyl groups excluding tert-OH is 1. The molecule has 0 radical (unpaired) electrons. The third kappa shape index (κ3) is 1.83. The number of amides is 2. The number of carbonyl (C=O) groups is 2. The predicted octanol–water partition coefficient (Wildman–Crippen LogP) is 1.51. The molecule has 2 fully saturated rings. The summed E-state index contributed by atoms with van der Waals surface area (Å²) in [6.07, 6.45) is -2.06. The van der Waals surface area contributed by atoms with Crippen LogP contribution >= 0.6 is 0 Å². The summed E-state index contributed by atoms with van der Waals surface area (Å²) in [5, 5.41) is 9.59. The largest absolute Gasteiger partial charge is 0.416 e. The van der Waals surface area contributed by atoms with E-state index in [0.29, 0.717) is 0 Å². The lowest BCUT2D eigenvalue weighted by Crippen LogP contribution is -2.43. The Morgan fingerprint density at radius 3 is 2.67 bits per heavy atom. The van der Waals surface area contributed by atoms with Crippen molar-refractivity contribution in [3.8, 4) is 0 Å². The number of carbonyl (C=O) groups excluding carboxylic acids is 2. The Kier molecular flexibility index (Phi) is 2.99. The number of halogens is 3. The first-order valence-electron chi connectivity index (χ1n) is 7.32. The van der Waals surface area contributed by atoms with Crippen LogP contribution in [0.1, 0.15) is 5.56 Å². The number of hydrogen-bond donors (Lipinski definition) is 1. The number of ether oxygens (including phenoxy) is 1. The maximum atomic E-state index is 12.9. The van der Waals surface area contributed by atoms with Crippen LogP contribution in [-0.2, 0) is 20.5 Å². The Morgan fingerprint density at radius 2 is 2.00 bits per heavy atom. The molecule has 0 spiro atoms. The summed E-state index contributed by atoms with van der Waals surface area (Å²) in [4.78, 5) is 26.1. The topological polar surface area (TPSA) is 66.8 Å². The van der Waals surface area contributed by atoms with Gasteiger partial charge in [0.1, 0.15) is 5.60 Å². The van der Waals surface area contributed by atoms with E-state index in [1.807, 2.05) is 0 Å². The molecule has 5 nitrogen and oxygen atoms in total. The number of alkyl halides is 3. The van der Waals surface area contributed by atoms with Crippen molar-refractivity contribution in [3.63, 3.8) is 0 Å². The number of anilines is 1. The SMILES string of the molecule is O=C1[C@@H]2[C@@H]3C=C[C@](CO)(O3)[C@@H]2C(=O)N1c1cccc(C(F)(F)F)c1. The van der Waals surface area contributed by atoms with Gasteiger partial charge in [0.25, 0.3) is 0 Å². The molecule has 1 aromatic rings. The quantitative estimate of drug-likeness (QED) is 0.655. The zero-order valence-electron chi connectivity index (χ0n) is 12.2. The Morgan fingerprint density at radius 1 is 1.25 bits per heavy atom. The van der Waals surface area contributed by atoms with Gasteiger partial charge in [-0.25, -0.2) is 4.90 Å². The standard InChI is InChI=1S/C16H12F3NO4/c17-16(18,19)8-2-1-3-9(6-8)20-13(22)11-10-4-5-15(7-21,24-10)12(11)14(20)23/h1-6,10-12,21H,7H2/t10-,11+,12-,15+/m0/s1. The summed E-state index contributed by atoms with van der Waals surface area (Å²) >= 11 is 0. The average molecular weight is 339 g/mol. The van der Waals surface area contributed by atoms with Crippen LogP contribution in [0.3, 0.4) is 0 Å². The van der Waals surface area contributed by atoms with Crippen LogP contribution in [-0.4, -0.2) is 35.2 Å². The van der Waals surface area contributed by atoms with E-state index < -0.39 is 53.7 Å². The summed E-state index contributed by atoms with van der Waals surface area (Å²) in [5.41, 5.74) is -2.33. The van der Waals surface area contributed by atoms with E-state index in [-0.39, 0.29) is 5.69 Å². The van der Waals surface area contributed by atoms with Crippen LogP contribution in [0.2, 0.25) is 0 Å². The smallest absolute Gasteiger partial charge is 0.393 e. The van der Waals surface area contributed by atoms with Gasteiger partial charge in [-0.05, 0) is 18.2 Å². The zero-order valence-corrected chi connectivity index (χ0v) is 12.2. The molecule has 3 aliphatic rings. The number of hydrogen-bond acceptors (Lipinski definition) is 4. The molecule has 4 rings (SSSR count). The second-order valence-corrected chi connectivity index (χ2v) is 6.12. The van der Waals surface area contributed by atoms with E-state index in [0.717, 1.165) is 23.1 Å². The molecule has 1 aromatic carbocycles. The van der Waals surface area contributed by atoms with E-state index in [1.54, 1.807) is 12.2 Å². The molecule has 1 N–H and O–H groups in total. The Bertz CT molecular complexity index is 775. The number of benzene rings is 1. The van der Waals surface area contributed by atoms with Gasteiger partial charge < -0.3 is 9.84 Å². The van der Waals surface area contributed by atoms with E-state index in [2.05, 4.69) is 0 Å². The van der Waals surface area contributed by atoms with E-state index >= 15 is 0 Å². The van der Waals surface area contributed by atoms with Gasteiger partial charge in [0.05, 0.1) is 35.8 Å². The highest BCUT2D eigenvalue weighted by atomic mass is 19.4. The Balaban J connectivity index is 1.75. The van der Waals surface area contributed by atoms with Gasteiger partial charge in [-0.3, -0.25) is 9.59 Å². The first-order valence-corrected chi connectivity index (χ1v) is 7.32. The highest BCUT2D eigenvalue weighted by molar-refractivity contribution is 6.23. The van der Waals surface area contributed by atoms with Crippen molar-refractivity contribution >= 4 is 17.5 Å². The molecule has 24 heavy (non-hydrogen) atoms. The lowest BCUT2D eigenvalue weighted by Gasteiger charge is -2.26. The first-order chi connectivity index (χ1) is 11.3. The summed E-state index contributed by atoms with van der Waals surface area (Å²) < 4.78 is 44.2. The fourth-order valence-electron chi connectivity index (χ4n) is 3.76. The third-order valence-electron chi connectivity index (χ3n) is 4.83. The minimum Gasteiger partial charge on any atom is -0.393 e. The molecule has 0 saturated carbocycles. The lowest BCUT2D eigenvalue weighted by atomic mass is 9.77. The minimum atomic E-state index is -4.58. The van der Waals surface area contributed by atoms with Crippen molar-refractivity contribution in [2.45, 2.75) is 17.9 Å². The van der Waals surface area contributed by atoms with E-state index in [1.165, 1.54) is 6.07 Å². The van der Waals surface area contributed by atoms with Crippen molar-refractivity contribution in [2.75, 3.05) is 11.5 Å². The molecule has 2 amide bonds.